The number of halogens is 3. The quantitative estimate of drug-likeness (QED) is 0.189. The minimum absolute atomic E-state index is 0.237. The molecule has 0 spiro atoms. The molecule has 0 radical (unpaired) electrons. The van der Waals surface area contributed by atoms with Gasteiger partial charge in [-0.15, -0.1) is 10.2 Å². The fourth-order valence-electron chi connectivity index (χ4n) is 6.06. The molecule has 2 aliphatic carbocycles. The summed E-state index contributed by atoms with van der Waals surface area (Å²) in [6, 6.07) is 16.0. The Hall–Kier alpha value is -2.96. The Balaban J connectivity index is 1.45. The van der Waals surface area contributed by atoms with Crippen molar-refractivity contribution in [2.24, 2.45) is 10.2 Å². The van der Waals surface area contributed by atoms with Gasteiger partial charge in [-0.3, -0.25) is 0 Å². The summed E-state index contributed by atoms with van der Waals surface area (Å²) in [6.45, 7) is 0. The molecule has 0 N–H and O–H groups in total. The van der Waals surface area contributed by atoms with Crippen LogP contribution in [0.15, 0.2) is 58.9 Å². The summed E-state index contributed by atoms with van der Waals surface area (Å²) >= 11 is 20.9. The molecule has 42 heavy (non-hydrogen) atoms. The van der Waals surface area contributed by atoms with Gasteiger partial charge in [0.25, 0.3) is 0 Å². The van der Waals surface area contributed by atoms with Gasteiger partial charge in [0.15, 0.2) is 16.8 Å². The van der Waals surface area contributed by atoms with Crippen molar-refractivity contribution in [3.8, 4) is 22.2 Å². The van der Waals surface area contributed by atoms with Gasteiger partial charge in [-0.2, -0.15) is 15.3 Å². The molecule has 2 fully saturated rings. The standard InChI is InChI=1S/C31H30Cl3N7S/c32-22-16-14-20(15-17-22)28-29(37-31(42-28)40(23-8-3-1-4-9-23)24-10-5-2-6-11-24)38-39-30-21(18-35)19-36-41(30)27-25(33)12-7-13-26(27)34/h7,12-17,19,23-24H,1-6,8-11H2/b39-38+. The number of hydrogen-bond acceptors (Lipinski definition) is 7. The van der Waals surface area contributed by atoms with E-state index in [1.165, 1.54) is 75.1 Å². The first-order valence-electron chi connectivity index (χ1n) is 14.4. The molecular formula is C31H30Cl3N7S. The molecule has 6 rings (SSSR count). The molecule has 216 valence electrons. The van der Waals surface area contributed by atoms with E-state index in [9.17, 15) is 5.26 Å². The first kappa shape index (κ1) is 29.1. The number of azo groups is 1. The first-order valence-corrected chi connectivity index (χ1v) is 16.4. The van der Waals surface area contributed by atoms with E-state index in [2.05, 4.69) is 26.3 Å². The fraction of sp³-hybridized carbons (Fsp3) is 0.387. The summed E-state index contributed by atoms with van der Waals surface area (Å²) in [7, 11) is 0. The maximum Gasteiger partial charge on any atom is 0.195 e. The van der Waals surface area contributed by atoms with Crippen molar-refractivity contribution < 1.29 is 0 Å². The predicted molar refractivity (Wildman–Crippen MR) is 171 cm³/mol. The molecule has 4 aromatic rings. The van der Waals surface area contributed by atoms with Gasteiger partial charge in [0.2, 0.25) is 0 Å². The second kappa shape index (κ2) is 13.1. The summed E-state index contributed by atoms with van der Waals surface area (Å²) in [5, 5.41) is 25.8. The lowest BCUT2D eigenvalue weighted by Crippen LogP contribution is -2.45. The van der Waals surface area contributed by atoms with Crippen LogP contribution in [0.25, 0.3) is 16.1 Å². The molecule has 2 aliphatic rings. The Morgan fingerprint density at radius 2 is 1.48 bits per heavy atom. The second-order valence-electron chi connectivity index (χ2n) is 10.8. The van der Waals surface area contributed by atoms with Crippen LogP contribution in [0.1, 0.15) is 69.8 Å². The van der Waals surface area contributed by atoms with Crippen LogP contribution in [-0.2, 0) is 0 Å². The Kier molecular flexibility index (Phi) is 9.11. The van der Waals surface area contributed by atoms with E-state index in [1.54, 1.807) is 29.5 Å². The summed E-state index contributed by atoms with van der Waals surface area (Å²) in [5.74, 6) is 0.733. The molecule has 2 heterocycles. The second-order valence-corrected chi connectivity index (χ2v) is 13.1. The van der Waals surface area contributed by atoms with Crippen molar-refractivity contribution in [1.29, 1.82) is 5.26 Å². The van der Waals surface area contributed by atoms with Gasteiger partial charge in [-0.1, -0.05) is 103 Å². The third kappa shape index (κ3) is 6.07. The average Bonchev–Trinajstić information content (AvgIpc) is 3.61. The largest absolute Gasteiger partial charge is 0.342 e. The number of hydrogen-bond donors (Lipinski definition) is 0. The van der Waals surface area contributed by atoms with Gasteiger partial charge >= 0.3 is 0 Å². The third-order valence-corrected chi connectivity index (χ3v) is 10.1. The Bertz CT molecular complexity index is 1570. The van der Waals surface area contributed by atoms with E-state index in [4.69, 9.17) is 39.8 Å². The van der Waals surface area contributed by atoms with Crippen molar-refractivity contribution in [3.05, 3.63) is 69.3 Å². The molecule has 11 heteroatoms. The molecule has 0 aliphatic heterocycles. The van der Waals surface area contributed by atoms with Crippen LogP contribution in [0.3, 0.4) is 0 Å². The monoisotopic (exact) mass is 637 g/mol. The Morgan fingerprint density at radius 3 is 2.07 bits per heavy atom. The summed E-state index contributed by atoms with van der Waals surface area (Å²) < 4.78 is 1.46. The van der Waals surface area contributed by atoms with Crippen molar-refractivity contribution in [2.45, 2.75) is 76.3 Å². The number of rotatable bonds is 7. The third-order valence-electron chi connectivity index (χ3n) is 8.11. The maximum absolute atomic E-state index is 9.83. The Labute approximate surface area is 264 Å². The summed E-state index contributed by atoms with van der Waals surface area (Å²) in [4.78, 5) is 8.65. The van der Waals surface area contributed by atoms with Gasteiger partial charge in [-0.05, 0) is 55.5 Å². The number of nitrogens with zero attached hydrogens (tertiary/aromatic N) is 7. The zero-order valence-corrected chi connectivity index (χ0v) is 26.1. The first-order chi connectivity index (χ1) is 20.5. The lowest BCUT2D eigenvalue weighted by molar-refractivity contribution is 0.339. The number of aromatic nitrogens is 3. The van der Waals surface area contributed by atoms with Crippen LogP contribution in [0.4, 0.5) is 16.8 Å². The lowest BCUT2D eigenvalue weighted by atomic mass is 9.89. The highest BCUT2D eigenvalue weighted by Gasteiger charge is 2.32. The van der Waals surface area contributed by atoms with Crippen LogP contribution in [0, 0.1) is 11.3 Å². The highest BCUT2D eigenvalue weighted by atomic mass is 35.5. The zero-order chi connectivity index (χ0) is 29.1. The lowest BCUT2D eigenvalue weighted by Gasteiger charge is -2.41. The van der Waals surface area contributed by atoms with Crippen LogP contribution < -0.4 is 4.90 Å². The van der Waals surface area contributed by atoms with Gasteiger partial charge in [0.05, 0.1) is 21.1 Å². The molecule has 0 amide bonds. The number of nitriles is 1. The van der Waals surface area contributed by atoms with E-state index in [0.717, 1.165) is 15.6 Å². The molecule has 0 atom stereocenters. The van der Waals surface area contributed by atoms with E-state index in [0.29, 0.717) is 38.7 Å². The average molecular weight is 639 g/mol. The molecule has 2 aromatic heterocycles. The molecule has 2 saturated carbocycles. The van der Waals surface area contributed by atoms with Crippen molar-refractivity contribution in [1.82, 2.24) is 14.8 Å². The van der Waals surface area contributed by atoms with E-state index in [-0.39, 0.29) is 11.4 Å². The summed E-state index contributed by atoms with van der Waals surface area (Å²) in [5.41, 5.74) is 1.66. The van der Waals surface area contributed by atoms with Crippen LogP contribution in [-0.4, -0.2) is 26.8 Å². The van der Waals surface area contributed by atoms with E-state index < -0.39 is 0 Å². The van der Waals surface area contributed by atoms with Gasteiger partial charge in [0.1, 0.15) is 17.3 Å². The van der Waals surface area contributed by atoms with Crippen LogP contribution in [0.2, 0.25) is 15.1 Å². The molecule has 2 aromatic carbocycles. The molecular weight excluding hydrogens is 609 g/mol. The minimum atomic E-state index is 0.237. The van der Waals surface area contributed by atoms with Crippen molar-refractivity contribution >= 4 is 62.9 Å². The van der Waals surface area contributed by atoms with Gasteiger partial charge in [0, 0.05) is 17.1 Å². The zero-order valence-electron chi connectivity index (χ0n) is 23.0. The van der Waals surface area contributed by atoms with Gasteiger partial charge < -0.3 is 4.90 Å². The van der Waals surface area contributed by atoms with Crippen molar-refractivity contribution in [2.75, 3.05) is 4.90 Å². The SMILES string of the molecule is N#Cc1cnn(-c2c(Cl)cccc2Cl)c1/N=N/c1nc(N(C2CCCCC2)C2CCCCC2)sc1-c1ccc(Cl)cc1. The maximum atomic E-state index is 9.83. The number of thiazole rings is 1. The number of anilines is 1. The van der Waals surface area contributed by atoms with Crippen LogP contribution in [0.5, 0.6) is 0 Å². The number of benzene rings is 2. The van der Waals surface area contributed by atoms with Gasteiger partial charge in [-0.25, -0.2) is 4.68 Å². The van der Waals surface area contributed by atoms with Crippen LogP contribution >= 0.6 is 46.1 Å². The van der Waals surface area contributed by atoms with E-state index in [1.807, 2.05) is 24.3 Å². The van der Waals surface area contributed by atoms with Crippen molar-refractivity contribution in [3.63, 3.8) is 0 Å². The molecule has 7 nitrogen and oxygen atoms in total. The summed E-state index contributed by atoms with van der Waals surface area (Å²) in [6.07, 6.45) is 13.8. The highest BCUT2D eigenvalue weighted by Crippen LogP contribution is 2.45. The predicted octanol–water partition coefficient (Wildman–Crippen LogP) is 10.7. The Morgan fingerprint density at radius 1 is 0.857 bits per heavy atom. The normalized spacial score (nSPS) is 16.6. The van der Waals surface area contributed by atoms with E-state index >= 15 is 0 Å². The molecule has 0 bridgehead atoms. The molecule has 0 saturated heterocycles. The molecule has 0 unspecified atom stereocenters. The topological polar surface area (TPSA) is 82.5 Å². The minimum Gasteiger partial charge on any atom is -0.342 e. The fourth-order valence-corrected chi connectivity index (χ4v) is 7.90. The smallest absolute Gasteiger partial charge is 0.195 e. The number of para-hydroxylation sites is 1. The highest BCUT2D eigenvalue weighted by molar-refractivity contribution is 7.19.